The summed E-state index contributed by atoms with van der Waals surface area (Å²) in [7, 11) is 0. The quantitative estimate of drug-likeness (QED) is 0.725. The first-order valence-electron chi connectivity index (χ1n) is 6.13. The number of thiazole rings is 1. The molecule has 0 bridgehead atoms. The van der Waals surface area contributed by atoms with Crippen LogP contribution >= 0.6 is 11.3 Å². The van der Waals surface area contributed by atoms with Gasteiger partial charge in [0.15, 0.2) is 0 Å². The number of alkyl halides is 3. The molecule has 0 aliphatic rings. The van der Waals surface area contributed by atoms with Gasteiger partial charge in [0.1, 0.15) is 17.4 Å². The second kappa shape index (κ2) is 5.33. The Morgan fingerprint density at radius 1 is 1.19 bits per heavy atom. The van der Waals surface area contributed by atoms with E-state index in [1.807, 2.05) is 24.3 Å². The Kier molecular flexibility index (Phi) is 3.50. The summed E-state index contributed by atoms with van der Waals surface area (Å²) in [6.45, 7) is -1.05. The molecule has 0 unspecified atom stereocenters. The Labute approximate surface area is 122 Å². The van der Waals surface area contributed by atoms with E-state index in [1.165, 1.54) is 23.7 Å². The summed E-state index contributed by atoms with van der Waals surface area (Å²) in [5.41, 5.74) is 0.876. The Morgan fingerprint density at radius 3 is 2.76 bits per heavy atom. The number of imidazole rings is 1. The minimum Gasteiger partial charge on any atom is -0.322 e. The fourth-order valence-electron chi connectivity index (χ4n) is 1.91. The molecule has 0 amide bonds. The van der Waals surface area contributed by atoms with Gasteiger partial charge in [0.2, 0.25) is 0 Å². The normalized spacial score (nSPS) is 12.5. The average molecular weight is 309 g/mol. The van der Waals surface area contributed by atoms with E-state index in [1.54, 1.807) is 12.2 Å². The van der Waals surface area contributed by atoms with Crippen molar-refractivity contribution in [3.63, 3.8) is 0 Å². The van der Waals surface area contributed by atoms with Crippen molar-refractivity contribution in [2.75, 3.05) is 0 Å². The zero-order chi connectivity index (χ0) is 14.9. The molecule has 3 rings (SSSR count). The van der Waals surface area contributed by atoms with Crippen LogP contribution in [0, 0.1) is 0 Å². The van der Waals surface area contributed by atoms with Gasteiger partial charge < -0.3 is 4.57 Å². The van der Waals surface area contributed by atoms with E-state index >= 15 is 0 Å². The van der Waals surface area contributed by atoms with Crippen LogP contribution in [0.1, 0.15) is 10.8 Å². The number of halogens is 3. The van der Waals surface area contributed by atoms with Gasteiger partial charge in [0.25, 0.3) is 0 Å². The number of hydrogen-bond acceptors (Lipinski definition) is 3. The third kappa shape index (κ3) is 3.30. The summed E-state index contributed by atoms with van der Waals surface area (Å²) >= 11 is 1.48. The molecule has 2 heterocycles. The third-order valence-corrected chi connectivity index (χ3v) is 3.78. The Morgan fingerprint density at radius 2 is 2.00 bits per heavy atom. The van der Waals surface area contributed by atoms with Crippen molar-refractivity contribution in [3.8, 4) is 0 Å². The first-order chi connectivity index (χ1) is 10.0. The molecule has 0 aliphatic heterocycles. The molecule has 0 saturated heterocycles. The van der Waals surface area contributed by atoms with E-state index in [0.717, 1.165) is 19.8 Å². The molecule has 0 spiro atoms. The molecule has 7 heteroatoms. The average Bonchev–Trinajstić information content (AvgIpc) is 3.00. The first-order valence-corrected chi connectivity index (χ1v) is 6.94. The van der Waals surface area contributed by atoms with Crippen molar-refractivity contribution in [1.29, 1.82) is 0 Å². The van der Waals surface area contributed by atoms with Gasteiger partial charge >= 0.3 is 6.18 Å². The highest BCUT2D eigenvalue weighted by molar-refractivity contribution is 7.19. The van der Waals surface area contributed by atoms with Crippen LogP contribution < -0.4 is 0 Å². The number of hydrogen-bond donors (Lipinski definition) is 0. The molecular weight excluding hydrogens is 299 g/mol. The van der Waals surface area contributed by atoms with E-state index in [9.17, 15) is 13.2 Å². The Hall–Kier alpha value is -2.15. The van der Waals surface area contributed by atoms with Crippen molar-refractivity contribution >= 4 is 33.7 Å². The largest absolute Gasteiger partial charge is 0.406 e. The second-order valence-corrected chi connectivity index (χ2v) is 5.44. The molecule has 0 saturated carbocycles. The van der Waals surface area contributed by atoms with E-state index in [-0.39, 0.29) is 5.82 Å². The predicted molar refractivity (Wildman–Crippen MR) is 76.8 cm³/mol. The number of fused-ring (bicyclic) bond motifs is 1. The molecule has 21 heavy (non-hydrogen) atoms. The Bertz CT molecular complexity index is 753. The topological polar surface area (TPSA) is 30.7 Å². The summed E-state index contributed by atoms with van der Waals surface area (Å²) in [5.74, 6) is 0.256. The van der Waals surface area contributed by atoms with Crippen LogP contribution in [0.4, 0.5) is 13.2 Å². The van der Waals surface area contributed by atoms with Crippen LogP contribution in [0.3, 0.4) is 0 Å². The molecule has 3 nitrogen and oxygen atoms in total. The Balaban J connectivity index is 1.84. The molecule has 1 aromatic carbocycles. The maximum atomic E-state index is 12.4. The summed E-state index contributed by atoms with van der Waals surface area (Å²) < 4.78 is 39.4. The number of benzene rings is 1. The SMILES string of the molecule is FC(F)(F)Cn1ccnc1C=Cc1nc2ccccc2s1. The monoisotopic (exact) mass is 309 g/mol. The maximum absolute atomic E-state index is 12.4. The minimum absolute atomic E-state index is 0.256. The molecule has 0 N–H and O–H groups in total. The molecule has 0 radical (unpaired) electrons. The van der Waals surface area contributed by atoms with Crippen LogP contribution in [0.25, 0.3) is 22.4 Å². The van der Waals surface area contributed by atoms with Crippen LogP contribution in [-0.4, -0.2) is 20.7 Å². The van der Waals surface area contributed by atoms with Gasteiger partial charge in [0, 0.05) is 12.4 Å². The summed E-state index contributed by atoms with van der Waals surface area (Å²) in [5, 5.41) is 0.734. The van der Waals surface area contributed by atoms with E-state index in [2.05, 4.69) is 9.97 Å². The molecule has 0 fully saturated rings. The number of nitrogens with zero attached hydrogens (tertiary/aromatic N) is 3. The summed E-state index contributed by atoms with van der Waals surface area (Å²) in [4.78, 5) is 8.31. The lowest BCUT2D eigenvalue weighted by atomic mass is 10.3. The standard InChI is InChI=1S/C14H10F3N3S/c15-14(16,17)9-20-8-7-18-12(20)5-6-13-19-10-3-1-2-4-11(10)21-13/h1-8H,9H2. The lowest BCUT2D eigenvalue weighted by molar-refractivity contribution is -0.140. The van der Waals surface area contributed by atoms with Gasteiger partial charge in [0.05, 0.1) is 10.2 Å². The highest BCUT2D eigenvalue weighted by atomic mass is 32.1. The van der Waals surface area contributed by atoms with Crippen LogP contribution in [0.5, 0.6) is 0 Å². The summed E-state index contributed by atoms with van der Waals surface area (Å²) in [6.07, 6.45) is 1.62. The van der Waals surface area contributed by atoms with Crippen molar-refractivity contribution in [2.45, 2.75) is 12.7 Å². The fourth-order valence-corrected chi connectivity index (χ4v) is 2.78. The van der Waals surface area contributed by atoms with E-state index < -0.39 is 12.7 Å². The number of rotatable bonds is 3. The van der Waals surface area contributed by atoms with Crippen LogP contribution in [0.15, 0.2) is 36.7 Å². The van der Waals surface area contributed by atoms with E-state index in [0.29, 0.717) is 0 Å². The number of aromatic nitrogens is 3. The fraction of sp³-hybridized carbons (Fsp3) is 0.143. The molecule has 108 valence electrons. The van der Waals surface area contributed by atoms with Gasteiger partial charge in [-0.05, 0) is 24.3 Å². The van der Waals surface area contributed by atoms with Crippen molar-refractivity contribution in [1.82, 2.24) is 14.5 Å². The van der Waals surface area contributed by atoms with Crippen molar-refractivity contribution in [3.05, 3.63) is 47.5 Å². The zero-order valence-electron chi connectivity index (χ0n) is 10.7. The number of para-hydroxylation sites is 1. The van der Waals surface area contributed by atoms with Gasteiger partial charge in [-0.3, -0.25) is 0 Å². The molecular formula is C14H10F3N3S. The highest BCUT2D eigenvalue weighted by Gasteiger charge is 2.28. The van der Waals surface area contributed by atoms with Gasteiger partial charge in [-0.1, -0.05) is 12.1 Å². The van der Waals surface area contributed by atoms with Crippen molar-refractivity contribution in [2.24, 2.45) is 0 Å². The molecule has 0 aliphatic carbocycles. The second-order valence-electron chi connectivity index (χ2n) is 4.38. The van der Waals surface area contributed by atoms with Crippen LogP contribution in [0.2, 0.25) is 0 Å². The summed E-state index contributed by atoms with van der Waals surface area (Å²) in [6, 6.07) is 7.67. The van der Waals surface area contributed by atoms with Gasteiger partial charge in [-0.15, -0.1) is 11.3 Å². The molecule has 3 aromatic rings. The van der Waals surface area contributed by atoms with Gasteiger partial charge in [-0.2, -0.15) is 13.2 Å². The first kappa shape index (κ1) is 13.8. The zero-order valence-corrected chi connectivity index (χ0v) is 11.5. The third-order valence-electron chi connectivity index (χ3n) is 2.78. The smallest absolute Gasteiger partial charge is 0.322 e. The van der Waals surface area contributed by atoms with Crippen molar-refractivity contribution < 1.29 is 13.2 Å². The van der Waals surface area contributed by atoms with Crippen LogP contribution in [-0.2, 0) is 6.54 Å². The predicted octanol–water partition coefficient (Wildman–Crippen LogP) is 4.23. The lowest BCUT2D eigenvalue weighted by Gasteiger charge is -2.08. The van der Waals surface area contributed by atoms with Gasteiger partial charge in [-0.25, -0.2) is 9.97 Å². The molecule has 2 aromatic heterocycles. The molecule has 0 atom stereocenters. The lowest BCUT2D eigenvalue weighted by Crippen LogP contribution is -2.17. The minimum atomic E-state index is -4.26. The maximum Gasteiger partial charge on any atom is 0.406 e. The highest BCUT2D eigenvalue weighted by Crippen LogP contribution is 2.23. The van der Waals surface area contributed by atoms with E-state index in [4.69, 9.17) is 0 Å².